The lowest BCUT2D eigenvalue weighted by Crippen LogP contribution is -2.56. The molecule has 5 nitrogen and oxygen atoms in total. The van der Waals surface area contributed by atoms with Crippen molar-refractivity contribution >= 4 is 10.0 Å². The Hall–Kier alpha value is -0.170. The molecule has 0 saturated carbocycles. The van der Waals surface area contributed by atoms with Crippen molar-refractivity contribution in [3.63, 3.8) is 0 Å². The summed E-state index contributed by atoms with van der Waals surface area (Å²) >= 11 is 0. The summed E-state index contributed by atoms with van der Waals surface area (Å²) in [5.41, 5.74) is 5.49. The molecule has 1 saturated heterocycles. The van der Waals surface area contributed by atoms with E-state index in [9.17, 15) is 8.42 Å². The van der Waals surface area contributed by atoms with Crippen LogP contribution in [0.5, 0.6) is 0 Å². The van der Waals surface area contributed by atoms with Gasteiger partial charge in [-0.3, -0.25) is 4.90 Å². The summed E-state index contributed by atoms with van der Waals surface area (Å²) in [5, 5.41) is 4.81. The van der Waals surface area contributed by atoms with E-state index in [0.29, 0.717) is 6.54 Å². The number of sulfonamides is 1. The number of nitrogens with two attached hydrogens (primary N) is 2. The second kappa shape index (κ2) is 3.06. The van der Waals surface area contributed by atoms with E-state index >= 15 is 0 Å². The minimum Gasteiger partial charge on any atom is -0.325 e. The van der Waals surface area contributed by atoms with Crippen LogP contribution in [0, 0.1) is 0 Å². The van der Waals surface area contributed by atoms with E-state index in [1.54, 1.807) is 0 Å². The number of primary sulfonamides is 1. The van der Waals surface area contributed by atoms with Gasteiger partial charge in [0.15, 0.2) is 0 Å². The van der Waals surface area contributed by atoms with E-state index < -0.39 is 10.0 Å². The van der Waals surface area contributed by atoms with E-state index in [2.05, 4.69) is 0 Å². The highest BCUT2D eigenvalue weighted by Crippen LogP contribution is 2.03. The maximum Gasteiger partial charge on any atom is 0.210 e. The monoisotopic (exact) mass is 179 g/mol. The Morgan fingerprint density at radius 3 is 2.36 bits per heavy atom. The Kier molecular flexibility index (Phi) is 2.48. The van der Waals surface area contributed by atoms with Crippen molar-refractivity contribution in [2.45, 2.75) is 6.04 Å². The quantitative estimate of drug-likeness (QED) is 0.520. The van der Waals surface area contributed by atoms with Crippen LogP contribution < -0.4 is 10.9 Å². The predicted molar refractivity (Wildman–Crippen MR) is 42.4 cm³/mol. The molecule has 0 aromatic carbocycles. The minimum atomic E-state index is -3.30. The SMILES string of the molecule is NC1CN(CCS(N)(=O)=O)C1. The average molecular weight is 179 g/mol. The lowest BCUT2D eigenvalue weighted by atomic mass is 10.1. The fourth-order valence-corrected chi connectivity index (χ4v) is 1.56. The molecular formula is C5H13N3O2S. The topological polar surface area (TPSA) is 89.4 Å². The van der Waals surface area contributed by atoms with Crippen molar-refractivity contribution in [3.8, 4) is 0 Å². The standard InChI is InChI=1S/C5H13N3O2S/c6-5-3-8(4-5)1-2-11(7,9)10/h5H,1-4,6H2,(H2,7,9,10). The number of hydrogen-bond donors (Lipinski definition) is 2. The van der Waals surface area contributed by atoms with Crippen LogP contribution in [0.3, 0.4) is 0 Å². The summed E-state index contributed by atoms with van der Waals surface area (Å²) < 4.78 is 21.0. The zero-order valence-electron chi connectivity index (χ0n) is 6.23. The van der Waals surface area contributed by atoms with Crippen molar-refractivity contribution in [2.75, 3.05) is 25.4 Å². The van der Waals surface area contributed by atoms with Gasteiger partial charge in [-0.15, -0.1) is 0 Å². The van der Waals surface area contributed by atoms with E-state index in [4.69, 9.17) is 10.9 Å². The normalized spacial score (nSPS) is 21.6. The second-order valence-electron chi connectivity index (χ2n) is 2.89. The highest BCUT2D eigenvalue weighted by atomic mass is 32.2. The Bertz CT molecular complexity index is 220. The molecule has 11 heavy (non-hydrogen) atoms. The molecule has 0 aliphatic carbocycles. The van der Waals surface area contributed by atoms with Gasteiger partial charge in [-0.05, 0) is 0 Å². The Morgan fingerprint density at radius 2 is 2.00 bits per heavy atom. The lowest BCUT2D eigenvalue weighted by molar-refractivity contribution is 0.161. The van der Waals surface area contributed by atoms with Gasteiger partial charge in [0, 0.05) is 25.7 Å². The van der Waals surface area contributed by atoms with Crippen LogP contribution in [0.25, 0.3) is 0 Å². The third-order valence-corrected chi connectivity index (χ3v) is 2.43. The van der Waals surface area contributed by atoms with Gasteiger partial charge in [-0.25, -0.2) is 13.6 Å². The summed E-state index contributed by atoms with van der Waals surface area (Å²) in [6, 6.07) is 0.218. The molecule has 0 atom stereocenters. The van der Waals surface area contributed by atoms with Crippen LogP contribution >= 0.6 is 0 Å². The molecule has 0 bridgehead atoms. The van der Waals surface area contributed by atoms with Gasteiger partial charge in [-0.2, -0.15) is 0 Å². The molecule has 1 aliphatic rings. The first-order valence-electron chi connectivity index (χ1n) is 3.46. The van der Waals surface area contributed by atoms with Crippen LogP contribution in [0.2, 0.25) is 0 Å². The Morgan fingerprint density at radius 1 is 1.45 bits per heavy atom. The molecule has 1 heterocycles. The molecule has 6 heteroatoms. The molecule has 0 aromatic heterocycles. The summed E-state index contributed by atoms with van der Waals surface area (Å²) in [6.07, 6.45) is 0. The summed E-state index contributed by atoms with van der Waals surface area (Å²) in [4.78, 5) is 1.97. The first-order valence-corrected chi connectivity index (χ1v) is 5.17. The molecule has 0 unspecified atom stereocenters. The molecule has 1 aliphatic heterocycles. The maximum absolute atomic E-state index is 10.5. The molecule has 0 aromatic rings. The van der Waals surface area contributed by atoms with Gasteiger partial charge in [-0.1, -0.05) is 0 Å². The van der Waals surface area contributed by atoms with Gasteiger partial charge >= 0.3 is 0 Å². The van der Waals surface area contributed by atoms with Crippen LogP contribution in [0.4, 0.5) is 0 Å². The van der Waals surface area contributed by atoms with Crippen LogP contribution in [-0.4, -0.2) is 44.7 Å². The van der Waals surface area contributed by atoms with Crippen molar-refractivity contribution in [1.82, 2.24) is 4.90 Å². The van der Waals surface area contributed by atoms with E-state index in [1.807, 2.05) is 4.90 Å². The third-order valence-electron chi connectivity index (χ3n) is 1.68. The van der Waals surface area contributed by atoms with Gasteiger partial charge in [0.05, 0.1) is 5.75 Å². The summed E-state index contributed by atoms with van der Waals surface area (Å²) in [6.45, 7) is 2.08. The van der Waals surface area contributed by atoms with Gasteiger partial charge in [0.25, 0.3) is 0 Å². The zero-order valence-corrected chi connectivity index (χ0v) is 7.05. The van der Waals surface area contributed by atoms with Crippen LogP contribution in [0.1, 0.15) is 0 Å². The van der Waals surface area contributed by atoms with Crippen molar-refractivity contribution in [2.24, 2.45) is 10.9 Å². The molecule has 1 fully saturated rings. The van der Waals surface area contributed by atoms with Crippen molar-refractivity contribution in [3.05, 3.63) is 0 Å². The maximum atomic E-state index is 10.5. The molecule has 1 rings (SSSR count). The lowest BCUT2D eigenvalue weighted by Gasteiger charge is -2.36. The highest BCUT2D eigenvalue weighted by molar-refractivity contribution is 7.89. The van der Waals surface area contributed by atoms with Crippen molar-refractivity contribution < 1.29 is 8.42 Å². The first kappa shape index (κ1) is 8.92. The van der Waals surface area contributed by atoms with Gasteiger partial charge < -0.3 is 5.73 Å². The highest BCUT2D eigenvalue weighted by Gasteiger charge is 2.23. The number of likely N-dealkylation sites (tertiary alicyclic amines) is 1. The van der Waals surface area contributed by atoms with Gasteiger partial charge in [0.2, 0.25) is 10.0 Å². The number of nitrogens with zero attached hydrogens (tertiary/aromatic N) is 1. The van der Waals surface area contributed by atoms with E-state index in [-0.39, 0.29) is 11.8 Å². The number of rotatable bonds is 3. The fraction of sp³-hybridized carbons (Fsp3) is 1.00. The molecule has 0 amide bonds. The molecule has 0 radical (unpaired) electrons. The van der Waals surface area contributed by atoms with E-state index in [1.165, 1.54) is 0 Å². The summed E-state index contributed by atoms with van der Waals surface area (Å²) in [5.74, 6) is 0.0275. The molecular weight excluding hydrogens is 166 g/mol. The average Bonchev–Trinajstić information content (AvgIpc) is 1.75. The smallest absolute Gasteiger partial charge is 0.210 e. The molecule has 4 N–H and O–H groups in total. The zero-order chi connectivity index (χ0) is 8.48. The second-order valence-corrected chi connectivity index (χ2v) is 4.62. The van der Waals surface area contributed by atoms with Gasteiger partial charge in [0.1, 0.15) is 0 Å². The fourth-order valence-electron chi connectivity index (χ4n) is 1.05. The Labute approximate surface area is 66.4 Å². The first-order chi connectivity index (χ1) is 4.97. The predicted octanol–water partition coefficient (Wildman–Crippen LogP) is -2.08. The largest absolute Gasteiger partial charge is 0.325 e. The summed E-state index contributed by atoms with van der Waals surface area (Å²) in [7, 11) is -3.30. The molecule has 0 spiro atoms. The van der Waals surface area contributed by atoms with Crippen LogP contribution in [-0.2, 0) is 10.0 Å². The Balaban J connectivity index is 2.15. The van der Waals surface area contributed by atoms with Crippen molar-refractivity contribution in [1.29, 1.82) is 0 Å². The molecule has 66 valence electrons. The number of hydrogen-bond acceptors (Lipinski definition) is 4. The minimum absolute atomic E-state index is 0.0275. The van der Waals surface area contributed by atoms with E-state index in [0.717, 1.165) is 13.1 Å². The van der Waals surface area contributed by atoms with Crippen LogP contribution in [0.15, 0.2) is 0 Å². The third kappa shape index (κ3) is 3.15.